The Bertz CT molecular complexity index is 878. The SMILES string of the molecule is Cc1ccc(-n2c3c(c(=O)[nH]c2=S)CN(CC2CCCC2)CN3)cc1. The number of nitrogens with zero attached hydrogens (tertiary/aromatic N) is 2. The summed E-state index contributed by atoms with van der Waals surface area (Å²) >= 11 is 5.44. The Kier molecular flexibility index (Phi) is 4.48. The molecule has 0 bridgehead atoms. The average molecular weight is 356 g/mol. The van der Waals surface area contributed by atoms with Crippen LogP contribution in [0.4, 0.5) is 5.82 Å². The minimum Gasteiger partial charge on any atom is -0.358 e. The second-order valence-corrected chi connectivity index (χ2v) is 7.64. The van der Waals surface area contributed by atoms with Crippen LogP contribution in [0.3, 0.4) is 0 Å². The van der Waals surface area contributed by atoms with Crippen LogP contribution in [0.5, 0.6) is 0 Å². The maximum Gasteiger partial charge on any atom is 0.258 e. The van der Waals surface area contributed by atoms with E-state index in [1.165, 1.54) is 31.2 Å². The molecule has 0 saturated heterocycles. The third kappa shape index (κ3) is 3.28. The fourth-order valence-corrected chi connectivity index (χ4v) is 4.29. The molecular weight excluding hydrogens is 332 g/mol. The number of anilines is 1. The maximum atomic E-state index is 12.5. The van der Waals surface area contributed by atoms with Crippen molar-refractivity contribution in [3.8, 4) is 5.69 Å². The Morgan fingerprint density at radius 1 is 1.20 bits per heavy atom. The summed E-state index contributed by atoms with van der Waals surface area (Å²) in [6, 6.07) is 8.19. The normalized spacial score (nSPS) is 18.1. The van der Waals surface area contributed by atoms with Crippen LogP contribution in [0.25, 0.3) is 5.69 Å². The van der Waals surface area contributed by atoms with Gasteiger partial charge < -0.3 is 5.32 Å². The van der Waals surface area contributed by atoms with Gasteiger partial charge in [0.2, 0.25) is 0 Å². The lowest BCUT2D eigenvalue weighted by atomic mass is 10.1. The van der Waals surface area contributed by atoms with Gasteiger partial charge in [0.05, 0.1) is 12.2 Å². The highest BCUT2D eigenvalue weighted by Gasteiger charge is 2.25. The lowest BCUT2D eigenvalue weighted by molar-refractivity contribution is 0.229. The zero-order chi connectivity index (χ0) is 17.4. The van der Waals surface area contributed by atoms with Gasteiger partial charge in [-0.1, -0.05) is 30.5 Å². The van der Waals surface area contributed by atoms with Crippen molar-refractivity contribution in [2.24, 2.45) is 5.92 Å². The first-order valence-electron chi connectivity index (χ1n) is 9.03. The van der Waals surface area contributed by atoms with Crippen molar-refractivity contribution in [2.45, 2.75) is 39.2 Å². The van der Waals surface area contributed by atoms with E-state index >= 15 is 0 Å². The van der Waals surface area contributed by atoms with Crippen LogP contribution in [-0.2, 0) is 6.54 Å². The first kappa shape index (κ1) is 16.5. The molecule has 0 atom stereocenters. The number of aryl methyl sites for hydroxylation is 1. The Balaban J connectivity index is 1.69. The number of hydrogen-bond acceptors (Lipinski definition) is 4. The van der Waals surface area contributed by atoms with Crippen LogP contribution in [0.1, 0.15) is 36.8 Å². The van der Waals surface area contributed by atoms with Crippen LogP contribution >= 0.6 is 12.2 Å². The second-order valence-electron chi connectivity index (χ2n) is 7.25. The van der Waals surface area contributed by atoms with Gasteiger partial charge in [-0.15, -0.1) is 0 Å². The van der Waals surface area contributed by atoms with Crippen molar-refractivity contribution in [1.29, 1.82) is 0 Å². The summed E-state index contributed by atoms with van der Waals surface area (Å²) < 4.78 is 2.38. The first-order valence-corrected chi connectivity index (χ1v) is 9.44. The third-order valence-corrected chi connectivity index (χ3v) is 5.63. The van der Waals surface area contributed by atoms with E-state index in [-0.39, 0.29) is 5.56 Å². The molecule has 5 nitrogen and oxygen atoms in total. The summed E-state index contributed by atoms with van der Waals surface area (Å²) in [5.41, 5.74) is 2.87. The fourth-order valence-electron chi connectivity index (χ4n) is 4.00. The number of aromatic nitrogens is 2. The molecular formula is C19H24N4OS. The van der Waals surface area contributed by atoms with Crippen molar-refractivity contribution in [3.05, 3.63) is 50.5 Å². The molecule has 1 aromatic heterocycles. The zero-order valence-electron chi connectivity index (χ0n) is 14.5. The molecule has 0 radical (unpaired) electrons. The quantitative estimate of drug-likeness (QED) is 0.826. The highest BCUT2D eigenvalue weighted by molar-refractivity contribution is 7.71. The molecule has 0 unspecified atom stereocenters. The Labute approximate surface area is 152 Å². The fraction of sp³-hybridized carbons (Fsp3) is 0.474. The summed E-state index contributed by atoms with van der Waals surface area (Å²) in [6.45, 7) is 4.56. The number of nitrogens with one attached hydrogen (secondary N) is 2. The first-order chi connectivity index (χ1) is 12.1. The molecule has 2 heterocycles. The van der Waals surface area contributed by atoms with Gasteiger partial charge in [0.1, 0.15) is 5.82 Å². The van der Waals surface area contributed by atoms with Crippen molar-refractivity contribution in [1.82, 2.24) is 14.5 Å². The zero-order valence-corrected chi connectivity index (χ0v) is 15.4. The molecule has 2 aliphatic rings. The number of rotatable bonds is 3. The van der Waals surface area contributed by atoms with Gasteiger partial charge in [0.15, 0.2) is 4.77 Å². The number of H-pyrrole nitrogens is 1. The average Bonchev–Trinajstić information content (AvgIpc) is 3.10. The summed E-state index contributed by atoms with van der Waals surface area (Å²) in [7, 11) is 0. The topological polar surface area (TPSA) is 53.1 Å². The lowest BCUT2D eigenvalue weighted by Gasteiger charge is -2.32. The van der Waals surface area contributed by atoms with E-state index in [1.54, 1.807) is 0 Å². The Morgan fingerprint density at radius 2 is 1.92 bits per heavy atom. The maximum absolute atomic E-state index is 12.5. The van der Waals surface area contributed by atoms with Crippen molar-refractivity contribution >= 4 is 18.0 Å². The van der Waals surface area contributed by atoms with E-state index in [4.69, 9.17) is 12.2 Å². The van der Waals surface area contributed by atoms with Crippen LogP contribution < -0.4 is 10.9 Å². The highest BCUT2D eigenvalue weighted by atomic mass is 32.1. The molecule has 1 fully saturated rings. The molecule has 1 aromatic carbocycles. The van der Waals surface area contributed by atoms with Crippen molar-refractivity contribution in [3.63, 3.8) is 0 Å². The molecule has 25 heavy (non-hydrogen) atoms. The smallest absolute Gasteiger partial charge is 0.258 e. The number of hydrogen-bond donors (Lipinski definition) is 2. The van der Waals surface area contributed by atoms with Crippen molar-refractivity contribution in [2.75, 3.05) is 18.5 Å². The predicted octanol–water partition coefficient (Wildman–Crippen LogP) is 3.58. The van der Waals surface area contributed by atoms with E-state index in [0.29, 0.717) is 11.3 Å². The number of aromatic amines is 1. The number of benzene rings is 1. The van der Waals surface area contributed by atoms with Gasteiger partial charge >= 0.3 is 0 Å². The minimum absolute atomic E-state index is 0.0769. The molecule has 1 saturated carbocycles. The van der Waals surface area contributed by atoms with Crippen molar-refractivity contribution < 1.29 is 0 Å². The Morgan fingerprint density at radius 3 is 2.64 bits per heavy atom. The number of fused-ring (bicyclic) bond motifs is 1. The predicted molar refractivity (Wildman–Crippen MR) is 103 cm³/mol. The molecule has 132 valence electrons. The van der Waals surface area contributed by atoms with Gasteiger partial charge in [-0.3, -0.25) is 19.2 Å². The summed E-state index contributed by atoms with van der Waals surface area (Å²) in [5.74, 6) is 1.60. The van der Waals surface area contributed by atoms with Crippen LogP contribution in [-0.4, -0.2) is 27.7 Å². The van der Waals surface area contributed by atoms with Gasteiger partial charge in [-0.2, -0.15) is 0 Å². The van der Waals surface area contributed by atoms with Crippen LogP contribution in [0.15, 0.2) is 29.1 Å². The summed E-state index contributed by atoms with van der Waals surface area (Å²) in [6.07, 6.45) is 5.31. The Hall–Kier alpha value is -1.92. The lowest BCUT2D eigenvalue weighted by Crippen LogP contribution is -2.41. The van der Waals surface area contributed by atoms with Gasteiger partial charge in [0.25, 0.3) is 5.56 Å². The van der Waals surface area contributed by atoms with E-state index < -0.39 is 0 Å². The van der Waals surface area contributed by atoms with Crippen LogP contribution in [0, 0.1) is 17.6 Å². The van der Waals surface area contributed by atoms with Gasteiger partial charge in [-0.05, 0) is 50.0 Å². The molecule has 0 amide bonds. The molecule has 2 aromatic rings. The van der Waals surface area contributed by atoms with E-state index in [1.807, 2.05) is 16.7 Å². The molecule has 0 spiro atoms. The molecule has 2 N–H and O–H groups in total. The largest absolute Gasteiger partial charge is 0.358 e. The van der Waals surface area contributed by atoms with E-state index in [0.717, 1.165) is 36.2 Å². The third-order valence-electron chi connectivity index (χ3n) is 5.34. The summed E-state index contributed by atoms with van der Waals surface area (Å²) in [4.78, 5) is 17.7. The molecule has 4 rings (SSSR count). The van der Waals surface area contributed by atoms with E-state index in [2.05, 4.69) is 34.3 Å². The van der Waals surface area contributed by atoms with Gasteiger partial charge in [-0.25, -0.2) is 0 Å². The van der Waals surface area contributed by atoms with E-state index in [9.17, 15) is 4.79 Å². The molecule has 1 aliphatic carbocycles. The monoisotopic (exact) mass is 356 g/mol. The molecule has 6 heteroatoms. The standard InChI is InChI=1S/C19H24N4OS/c1-13-6-8-15(9-7-13)23-17-16(18(24)21-19(23)25)11-22(12-20-17)10-14-4-2-3-5-14/h6-9,14,20H,2-5,10-12H2,1H3,(H,21,24,25). The second kappa shape index (κ2) is 6.77. The summed E-state index contributed by atoms with van der Waals surface area (Å²) in [5, 5.41) is 3.45. The minimum atomic E-state index is -0.0769. The van der Waals surface area contributed by atoms with Gasteiger partial charge in [0, 0.05) is 18.8 Å². The highest BCUT2D eigenvalue weighted by Crippen LogP contribution is 2.28. The molecule has 1 aliphatic heterocycles. The van der Waals surface area contributed by atoms with Crippen LogP contribution in [0.2, 0.25) is 0 Å².